The van der Waals surface area contributed by atoms with Crippen LogP contribution in [0.1, 0.15) is 29.8 Å². The van der Waals surface area contributed by atoms with Crippen molar-refractivity contribution in [1.82, 2.24) is 10.6 Å². The van der Waals surface area contributed by atoms with Crippen LogP contribution in [-0.2, 0) is 6.54 Å². The van der Waals surface area contributed by atoms with E-state index in [0.717, 1.165) is 5.56 Å². The number of benzene rings is 2. The number of carbonyl (C=O) groups is 2. The molecule has 0 heterocycles. The van der Waals surface area contributed by atoms with Gasteiger partial charge in [0.25, 0.3) is 5.91 Å². The van der Waals surface area contributed by atoms with Gasteiger partial charge in [-0.3, -0.25) is 4.79 Å². The summed E-state index contributed by atoms with van der Waals surface area (Å²) < 4.78 is 13.1. The van der Waals surface area contributed by atoms with Gasteiger partial charge < -0.3 is 16.0 Å². The average molecular weight is 329 g/mol. The Labute approximate surface area is 140 Å². The van der Waals surface area contributed by atoms with Gasteiger partial charge in [0.15, 0.2) is 0 Å². The lowest BCUT2D eigenvalue weighted by molar-refractivity contribution is 0.0950. The maximum Gasteiger partial charge on any atom is 0.319 e. The molecule has 2 rings (SSSR count). The van der Waals surface area contributed by atoms with E-state index in [0.29, 0.717) is 12.2 Å². The molecule has 0 aliphatic carbocycles. The molecular formula is C18H20FN3O2. The molecule has 24 heavy (non-hydrogen) atoms. The minimum absolute atomic E-state index is 0.0577. The average Bonchev–Trinajstić information content (AvgIpc) is 2.53. The summed E-state index contributed by atoms with van der Waals surface area (Å²) in [6, 6.07) is 12.4. The van der Waals surface area contributed by atoms with E-state index in [1.165, 1.54) is 18.2 Å². The first-order valence-electron chi connectivity index (χ1n) is 7.64. The van der Waals surface area contributed by atoms with Crippen LogP contribution < -0.4 is 16.0 Å². The highest BCUT2D eigenvalue weighted by Gasteiger charge is 2.07. The molecule has 2 aromatic carbocycles. The Bertz CT molecular complexity index is 714. The first-order valence-corrected chi connectivity index (χ1v) is 7.64. The normalized spacial score (nSPS) is 10.3. The number of rotatable bonds is 5. The van der Waals surface area contributed by atoms with E-state index in [1.54, 1.807) is 30.3 Å². The Kier molecular flexibility index (Phi) is 5.89. The lowest BCUT2D eigenvalue weighted by atomic mass is 10.2. The zero-order valence-electron chi connectivity index (χ0n) is 13.6. The van der Waals surface area contributed by atoms with Crippen LogP contribution in [0.4, 0.5) is 14.9 Å². The van der Waals surface area contributed by atoms with Crippen molar-refractivity contribution in [3.05, 3.63) is 65.5 Å². The molecule has 0 fully saturated rings. The number of carbonyl (C=O) groups excluding carboxylic acids is 2. The second-order valence-corrected chi connectivity index (χ2v) is 5.64. The Hall–Kier alpha value is -2.89. The number of anilines is 1. The summed E-state index contributed by atoms with van der Waals surface area (Å²) in [6.45, 7) is 4.07. The summed E-state index contributed by atoms with van der Waals surface area (Å²) in [5.41, 5.74) is 1.81. The van der Waals surface area contributed by atoms with Crippen LogP contribution in [0.15, 0.2) is 48.5 Å². The second kappa shape index (κ2) is 8.10. The maximum atomic E-state index is 13.1. The van der Waals surface area contributed by atoms with Crippen molar-refractivity contribution >= 4 is 17.6 Å². The van der Waals surface area contributed by atoms with Crippen molar-refractivity contribution in [3.8, 4) is 0 Å². The van der Waals surface area contributed by atoms with Crippen LogP contribution >= 0.6 is 0 Å². The summed E-state index contributed by atoms with van der Waals surface area (Å²) in [5.74, 6) is -0.786. The fourth-order valence-corrected chi connectivity index (χ4v) is 2.05. The minimum Gasteiger partial charge on any atom is -0.348 e. The first-order chi connectivity index (χ1) is 11.4. The molecule has 0 aliphatic heterocycles. The van der Waals surface area contributed by atoms with Crippen LogP contribution in [0.5, 0.6) is 0 Å². The van der Waals surface area contributed by atoms with Gasteiger partial charge in [-0.25, -0.2) is 9.18 Å². The highest BCUT2D eigenvalue weighted by molar-refractivity contribution is 5.94. The zero-order chi connectivity index (χ0) is 17.5. The summed E-state index contributed by atoms with van der Waals surface area (Å²) in [6.07, 6.45) is 0. The molecule has 0 unspecified atom stereocenters. The van der Waals surface area contributed by atoms with Gasteiger partial charge in [0.05, 0.1) is 0 Å². The fourth-order valence-electron chi connectivity index (χ4n) is 2.05. The van der Waals surface area contributed by atoms with Crippen molar-refractivity contribution in [2.45, 2.75) is 26.4 Å². The van der Waals surface area contributed by atoms with Gasteiger partial charge in [-0.1, -0.05) is 18.2 Å². The minimum atomic E-state index is -0.447. The molecule has 2 aromatic rings. The third-order valence-electron chi connectivity index (χ3n) is 3.17. The van der Waals surface area contributed by atoms with E-state index in [-0.39, 0.29) is 23.5 Å². The molecule has 0 aromatic heterocycles. The second-order valence-electron chi connectivity index (χ2n) is 5.64. The molecule has 0 spiro atoms. The molecule has 3 N–H and O–H groups in total. The molecule has 5 nitrogen and oxygen atoms in total. The SMILES string of the molecule is CC(C)NC(=O)Nc1ccc(CNC(=O)c2cccc(F)c2)cc1. The molecule has 126 valence electrons. The van der Waals surface area contributed by atoms with E-state index in [9.17, 15) is 14.0 Å². The number of halogens is 1. The quantitative estimate of drug-likeness (QED) is 0.788. The first kappa shape index (κ1) is 17.5. The van der Waals surface area contributed by atoms with E-state index in [1.807, 2.05) is 13.8 Å². The van der Waals surface area contributed by atoms with Crippen LogP contribution in [0, 0.1) is 5.82 Å². The highest BCUT2D eigenvalue weighted by atomic mass is 19.1. The summed E-state index contributed by atoms with van der Waals surface area (Å²) >= 11 is 0. The van der Waals surface area contributed by atoms with Crippen LogP contribution in [-0.4, -0.2) is 18.0 Å². The molecule has 0 saturated carbocycles. The van der Waals surface area contributed by atoms with Crippen molar-refractivity contribution < 1.29 is 14.0 Å². The Morgan fingerprint density at radius 1 is 1.08 bits per heavy atom. The third kappa shape index (κ3) is 5.39. The largest absolute Gasteiger partial charge is 0.348 e. The number of urea groups is 1. The fraction of sp³-hybridized carbons (Fsp3) is 0.222. The van der Waals surface area contributed by atoms with E-state index in [2.05, 4.69) is 16.0 Å². The predicted octanol–water partition coefficient (Wildman–Crippen LogP) is 3.29. The van der Waals surface area contributed by atoms with E-state index < -0.39 is 5.82 Å². The highest BCUT2D eigenvalue weighted by Crippen LogP contribution is 2.10. The monoisotopic (exact) mass is 329 g/mol. The lowest BCUT2D eigenvalue weighted by Crippen LogP contribution is -2.34. The van der Waals surface area contributed by atoms with Gasteiger partial charge in [0, 0.05) is 23.8 Å². The molecule has 6 heteroatoms. The molecule has 0 atom stereocenters. The van der Waals surface area contributed by atoms with Gasteiger partial charge in [0.1, 0.15) is 5.82 Å². The Balaban J connectivity index is 1.87. The van der Waals surface area contributed by atoms with E-state index >= 15 is 0 Å². The standard InChI is InChI=1S/C18H20FN3O2/c1-12(2)21-18(24)22-16-8-6-13(7-9-16)11-20-17(23)14-4-3-5-15(19)10-14/h3-10,12H,11H2,1-2H3,(H,20,23)(H2,21,22,24). The predicted molar refractivity (Wildman–Crippen MR) is 91.3 cm³/mol. The van der Waals surface area contributed by atoms with Gasteiger partial charge in [-0.05, 0) is 49.7 Å². The molecule has 0 radical (unpaired) electrons. The van der Waals surface area contributed by atoms with Gasteiger partial charge in [-0.2, -0.15) is 0 Å². The molecule has 3 amide bonds. The van der Waals surface area contributed by atoms with Crippen LogP contribution in [0.2, 0.25) is 0 Å². The molecular weight excluding hydrogens is 309 g/mol. The van der Waals surface area contributed by atoms with Crippen LogP contribution in [0.25, 0.3) is 0 Å². The van der Waals surface area contributed by atoms with Gasteiger partial charge in [-0.15, -0.1) is 0 Å². The van der Waals surface area contributed by atoms with Crippen molar-refractivity contribution in [3.63, 3.8) is 0 Å². The lowest BCUT2D eigenvalue weighted by Gasteiger charge is -2.11. The number of nitrogens with one attached hydrogen (secondary N) is 3. The third-order valence-corrected chi connectivity index (χ3v) is 3.17. The molecule has 0 bridgehead atoms. The van der Waals surface area contributed by atoms with Gasteiger partial charge >= 0.3 is 6.03 Å². The van der Waals surface area contributed by atoms with Crippen molar-refractivity contribution in [2.24, 2.45) is 0 Å². The van der Waals surface area contributed by atoms with Gasteiger partial charge in [0.2, 0.25) is 0 Å². The summed E-state index contributed by atoms with van der Waals surface area (Å²) in [7, 11) is 0. The smallest absolute Gasteiger partial charge is 0.319 e. The summed E-state index contributed by atoms with van der Waals surface area (Å²) in [4.78, 5) is 23.5. The topological polar surface area (TPSA) is 70.2 Å². The molecule has 0 aliphatic rings. The number of hydrogen-bond acceptors (Lipinski definition) is 2. The van der Waals surface area contributed by atoms with Crippen molar-refractivity contribution in [2.75, 3.05) is 5.32 Å². The Morgan fingerprint density at radius 2 is 1.79 bits per heavy atom. The van der Waals surface area contributed by atoms with Crippen molar-refractivity contribution in [1.29, 1.82) is 0 Å². The maximum absolute atomic E-state index is 13.1. The Morgan fingerprint density at radius 3 is 2.42 bits per heavy atom. The van der Waals surface area contributed by atoms with Crippen LogP contribution in [0.3, 0.4) is 0 Å². The number of hydrogen-bond donors (Lipinski definition) is 3. The van der Waals surface area contributed by atoms with E-state index in [4.69, 9.17) is 0 Å². The zero-order valence-corrected chi connectivity index (χ0v) is 13.6. The summed E-state index contributed by atoms with van der Waals surface area (Å²) in [5, 5.41) is 8.17. The number of amides is 3. The molecule has 0 saturated heterocycles.